The highest BCUT2D eigenvalue weighted by Crippen LogP contribution is 2.13. The molecule has 1 unspecified atom stereocenters. The van der Waals surface area contributed by atoms with Crippen LogP contribution < -0.4 is 0 Å². The van der Waals surface area contributed by atoms with E-state index >= 15 is 0 Å². The number of carbonyl (C=O) groups excluding carboxylic acids is 3. The van der Waals surface area contributed by atoms with Gasteiger partial charge in [0.15, 0.2) is 6.10 Å². The summed E-state index contributed by atoms with van der Waals surface area (Å²) in [6, 6.07) is 0. The molecule has 0 rings (SSSR count). The molecule has 0 heterocycles. The van der Waals surface area contributed by atoms with Crippen LogP contribution in [0, 0.1) is 0 Å². The van der Waals surface area contributed by atoms with E-state index in [1.54, 1.807) is 0 Å². The summed E-state index contributed by atoms with van der Waals surface area (Å²) in [6.45, 7) is 6.42. The second kappa shape index (κ2) is 41.1. The monoisotopic (exact) mass is 729 g/mol. The molecule has 0 aromatic heterocycles. The molecule has 0 spiro atoms. The van der Waals surface area contributed by atoms with Gasteiger partial charge in [0, 0.05) is 19.3 Å². The zero-order valence-corrected chi connectivity index (χ0v) is 34.1. The average Bonchev–Trinajstić information content (AvgIpc) is 3.14. The van der Waals surface area contributed by atoms with Gasteiger partial charge in [-0.3, -0.25) is 14.4 Å². The number of allylic oxidation sites excluding steroid dienone is 8. The number of carbonyl (C=O) groups is 3. The molecule has 0 aliphatic carbocycles. The second-order valence-electron chi connectivity index (χ2n) is 14.3. The maximum absolute atomic E-state index is 12.7. The summed E-state index contributed by atoms with van der Waals surface area (Å²) in [5.74, 6) is -0.919. The largest absolute Gasteiger partial charge is 0.462 e. The Kier molecular flexibility index (Phi) is 39.1. The summed E-state index contributed by atoms with van der Waals surface area (Å²) < 4.78 is 16.6. The van der Waals surface area contributed by atoms with Crippen molar-refractivity contribution in [2.45, 2.75) is 213 Å². The van der Waals surface area contributed by atoms with Gasteiger partial charge in [-0.1, -0.05) is 172 Å². The van der Waals surface area contributed by atoms with Gasteiger partial charge in [0.2, 0.25) is 0 Å². The number of hydrogen-bond acceptors (Lipinski definition) is 6. The number of rotatable bonds is 38. The van der Waals surface area contributed by atoms with Gasteiger partial charge in [-0.25, -0.2) is 0 Å². The van der Waals surface area contributed by atoms with Crippen LogP contribution in [0.4, 0.5) is 0 Å². The van der Waals surface area contributed by atoms with Crippen LogP contribution in [-0.4, -0.2) is 37.2 Å². The molecule has 0 amide bonds. The summed E-state index contributed by atoms with van der Waals surface area (Å²) in [5.41, 5.74) is 0. The highest BCUT2D eigenvalue weighted by atomic mass is 16.6. The van der Waals surface area contributed by atoms with Crippen molar-refractivity contribution >= 4 is 17.9 Å². The lowest BCUT2D eigenvalue weighted by Crippen LogP contribution is -2.30. The van der Waals surface area contributed by atoms with Gasteiger partial charge in [0.05, 0.1) is 0 Å². The standard InChI is InChI=1S/C46H80O6/c1-4-7-10-13-16-19-21-23-25-27-30-33-36-39-45(48)51-42-43(41-50-44(47)38-35-32-29-26-18-15-12-9-6-3)52-46(49)40-37-34-31-28-24-22-20-17-14-11-8-5-2/h7,10,13,16-17,19-21,43H,4-6,8-9,11-12,14-15,18,22-42H2,1-3H3/b10-7-,16-13-,20-17-,21-19-. The Labute approximate surface area is 320 Å². The molecule has 0 aromatic carbocycles. The summed E-state index contributed by atoms with van der Waals surface area (Å²) in [5, 5.41) is 0. The minimum atomic E-state index is -0.779. The molecule has 0 saturated heterocycles. The van der Waals surface area contributed by atoms with Crippen molar-refractivity contribution in [2.24, 2.45) is 0 Å². The van der Waals surface area contributed by atoms with Crippen LogP contribution in [0.5, 0.6) is 0 Å². The average molecular weight is 729 g/mol. The third-order valence-corrected chi connectivity index (χ3v) is 9.13. The van der Waals surface area contributed by atoms with Crippen LogP contribution in [0.15, 0.2) is 48.6 Å². The molecule has 300 valence electrons. The molecule has 0 aliphatic rings. The maximum atomic E-state index is 12.7. The van der Waals surface area contributed by atoms with Gasteiger partial charge >= 0.3 is 17.9 Å². The molecule has 0 aromatic rings. The minimum Gasteiger partial charge on any atom is -0.462 e. The number of ether oxygens (including phenoxy) is 3. The Hall–Kier alpha value is -2.63. The summed E-state index contributed by atoms with van der Waals surface area (Å²) in [7, 11) is 0. The number of unbranched alkanes of at least 4 members (excludes halogenated alkanes) is 21. The fourth-order valence-electron chi connectivity index (χ4n) is 5.85. The highest BCUT2D eigenvalue weighted by molar-refractivity contribution is 5.71. The highest BCUT2D eigenvalue weighted by Gasteiger charge is 2.19. The van der Waals surface area contributed by atoms with E-state index in [1.807, 2.05) is 0 Å². The fourth-order valence-corrected chi connectivity index (χ4v) is 5.85. The third-order valence-electron chi connectivity index (χ3n) is 9.13. The predicted molar refractivity (Wildman–Crippen MR) is 219 cm³/mol. The van der Waals surface area contributed by atoms with E-state index in [4.69, 9.17) is 14.2 Å². The van der Waals surface area contributed by atoms with Crippen LogP contribution in [0.25, 0.3) is 0 Å². The van der Waals surface area contributed by atoms with Crippen LogP contribution in [0.3, 0.4) is 0 Å². The Morgan fingerprint density at radius 1 is 0.404 bits per heavy atom. The molecule has 1 atom stereocenters. The zero-order chi connectivity index (χ0) is 38.0. The van der Waals surface area contributed by atoms with Gasteiger partial charge < -0.3 is 14.2 Å². The van der Waals surface area contributed by atoms with E-state index in [0.717, 1.165) is 96.3 Å². The van der Waals surface area contributed by atoms with Crippen molar-refractivity contribution in [3.05, 3.63) is 48.6 Å². The van der Waals surface area contributed by atoms with Crippen molar-refractivity contribution < 1.29 is 28.6 Å². The van der Waals surface area contributed by atoms with E-state index in [-0.39, 0.29) is 31.1 Å². The molecule has 52 heavy (non-hydrogen) atoms. The van der Waals surface area contributed by atoms with Gasteiger partial charge in [0.1, 0.15) is 13.2 Å². The molecule has 0 saturated carbocycles. The Morgan fingerprint density at radius 2 is 0.769 bits per heavy atom. The van der Waals surface area contributed by atoms with E-state index in [9.17, 15) is 14.4 Å². The van der Waals surface area contributed by atoms with Crippen molar-refractivity contribution in [1.29, 1.82) is 0 Å². The normalized spacial score (nSPS) is 12.4. The smallest absolute Gasteiger partial charge is 0.306 e. The van der Waals surface area contributed by atoms with Crippen LogP contribution >= 0.6 is 0 Å². The van der Waals surface area contributed by atoms with Crippen LogP contribution in [-0.2, 0) is 28.6 Å². The first-order valence-corrected chi connectivity index (χ1v) is 21.7. The molecule has 0 radical (unpaired) electrons. The van der Waals surface area contributed by atoms with Crippen LogP contribution in [0.2, 0.25) is 0 Å². The molecule has 0 bridgehead atoms. The van der Waals surface area contributed by atoms with Gasteiger partial charge in [-0.2, -0.15) is 0 Å². The Morgan fingerprint density at radius 3 is 1.25 bits per heavy atom. The Bertz CT molecular complexity index is 933. The third kappa shape index (κ3) is 38.6. The van der Waals surface area contributed by atoms with Crippen molar-refractivity contribution in [1.82, 2.24) is 0 Å². The molecular weight excluding hydrogens is 648 g/mol. The van der Waals surface area contributed by atoms with Crippen molar-refractivity contribution in [2.75, 3.05) is 13.2 Å². The van der Waals surface area contributed by atoms with Gasteiger partial charge in [-0.15, -0.1) is 0 Å². The first-order chi connectivity index (χ1) is 25.5. The SMILES string of the molecule is CC\C=C/C=C\C=C/CCCCCCCC(=O)OCC(COC(=O)CCCCCCCCCCC)OC(=O)CCCCCCC/C=C\CCCCC. The first-order valence-electron chi connectivity index (χ1n) is 21.7. The maximum Gasteiger partial charge on any atom is 0.306 e. The van der Waals surface area contributed by atoms with Gasteiger partial charge in [0.25, 0.3) is 0 Å². The molecular formula is C46H80O6. The molecule has 0 fully saturated rings. The molecule has 6 heteroatoms. The van der Waals surface area contributed by atoms with E-state index in [2.05, 4.69) is 69.4 Å². The predicted octanol–water partition coefficient (Wildman–Crippen LogP) is 13.6. The molecule has 0 aliphatic heterocycles. The second-order valence-corrected chi connectivity index (χ2v) is 14.3. The van der Waals surface area contributed by atoms with E-state index < -0.39 is 6.10 Å². The van der Waals surface area contributed by atoms with Crippen molar-refractivity contribution in [3.8, 4) is 0 Å². The van der Waals surface area contributed by atoms with E-state index in [1.165, 1.54) is 70.6 Å². The van der Waals surface area contributed by atoms with Crippen molar-refractivity contribution in [3.63, 3.8) is 0 Å². The lowest BCUT2D eigenvalue weighted by molar-refractivity contribution is -0.167. The number of esters is 3. The Balaban J connectivity index is 4.41. The quantitative estimate of drug-likeness (QED) is 0.0207. The summed E-state index contributed by atoms with van der Waals surface area (Å²) >= 11 is 0. The number of hydrogen-bond donors (Lipinski definition) is 0. The van der Waals surface area contributed by atoms with E-state index in [0.29, 0.717) is 19.3 Å². The zero-order valence-electron chi connectivity index (χ0n) is 34.1. The fraction of sp³-hybridized carbons (Fsp3) is 0.761. The molecule has 6 nitrogen and oxygen atoms in total. The van der Waals surface area contributed by atoms with Gasteiger partial charge in [-0.05, 0) is 64.2 Å². The summed E-state index contributed by atoms with van der Waals surface area (Å²) in [4.78, 5) is 37.6. The minimum absolute atomic E-state index is 0.0824. The summed E-state index contributed by atoms with van der Waals surface area (Å²) in [6.07, 6.45) is 46.6. The topological polar surface area (TPSA) is 78.9 Å². The van der Waals surface area contributed by atoms with Crippen LogP contribution in [0.1, 0.15) is 207 Å². The lowest BCUT2D eigenvalue weighted by atomic mass is 10.1. The lowest BCUT2D eigenvalue weighted by Gasteiger charge is -2.18. The molecule has 0 N–H and O–H groups in total. The first kappa shape index (κ1) is 49.4.